The average Bonchev–Trinajstić information content (AvgIpc) is 2.29. The summed E-state index contributed by atoms with van der Waals surface area (Å²) in [5, 5.41) is 0. The smallest absolute Gasteiger partial charge is 0.253 e. The number of nitrogens with zero attached hydrogens (tertiary/aromatic N) is 1. The largest absolute Gasteiger partial charge is 0.385 e. The Morgan fingerprint density at radius 2 is 2.12 bits per heavy atom. The number of aromatic nitrogens is 1. The molecular weight excluding hydrogens is 286 g/mol. The van der Waals surface area contributed by atoms with Crippen molar-refractivity contribution in [3.8, 4) is 0 Å². The maximum Gasteiger partial charge on any atom is 0.253 e. The Morgan fingerprint density at radius 3 is 2.82 bits per heavy atom. The quantitative estimate of drug-likeness (QED) is 0.723. The van der Waals surface area contributed by atoms with E-state index in [4.69, 9.17) is 9.47 Å². The zero-order valence-corrected chi connectivity index (χ0v) is 11.8. The van der Waals surface area contributed by atoms with E-state index in [1.807, 2.05) is 13.0 Å². The summed E-state index contributed by atoms with van der Waals surface area (Å²) in [4.78, 5) is 11.8. The highest BCUT2D eigenvalue weighted by atomic mass is 79.9. The second-order valence-corrected chi connectivity index (χ2v) is 4.71. The molecule has 0 bridgehead atoms. The van der Waals surface area contributed by atoms with E-state index in [2.05, 4.69) is 15.9 Å². The molecule has 0 aliphatic rings. The predicted octanol–water partition coefficient (Wildman–Crippen LogP) is 1.97. The summed E-state index contributed by atoms with van der Waals surface area (Å²) in [7, 11) is 1.67. The lowest BCUT2D eigenvalue weighted by molar-refractivity contribution is 0.0972. The first kappa shape index (κ1) is 14.4. The number of methoxy groups -OCH3 is 1. The van der Waals surface area contributed by atoms with Crippen LogP contribution in [0.1, 0.15) is 12.0 Å². The SMILES string of the molecule is COCCCOCCn1cc(Br)cc(C)c1=O. The number of pyridine rings is 1. The highest BCUT2D eigenvalue weighted by Gasteiger charge is 2.01. The van der Waals surface area contributed by atoms with Crippen molar-refractivity contribution in [2.75, 3.05) is 26.9 Å². The predicted molar refractivity (Wildman–Crippen MR) is 70.5 cm³/mol. The number of rotatable bonds is 7. The molecule has 1 aromatic heterocycles. The third kappa shape index (κ3) is 5.02. The first-order chi connectivity index (χ1) is 8.15. The molecule has 1 aromatic rings. The lowest BCUT2D eigenvalue weighted by atomic mass is 10.3. The van der Waals surface area contributed by atoms with E-state index in [9.17, 15) is 4.79 Å². The lowest BCUT2D eigenvalue weighted by Gasteiger charge is -2.08. The van der Waals surface area contributed by atoms with Crippen LogP contribution in [0.5, 0.6) is 0 Å². The van der Waals surface area contributed by atoms with Crippen molar-refractivity contribution < 1.29 is 9.47 Å². The van der Waals surface area contributed by atoms with Gasteiger partial charge in [0.2, 0.25) is 0 Å². The van der Waals surface area contributed by atoms with E-state index in [0.717, 1.165) is 16.5 Å². The zero-order chi connectivity index (χ0) is 12.7. The van der Waals surface area contributed by atoms with Gasteiger partial charge in [0.1, 0.15) is 0 Å². The Morgan fingerprint density at radius 1 is 1.35 bits per heavy atom. The maximum atomic E-state index is 11.8. The molecule has 0 unspecified atom stereocenters. The average molecular weight is 304 g/mol. The van der Waals surface area contributed by atoms with Crippen LogP contribution in [0.15, 0.2) is 21.5 Å². The van der Waals surface area contributed by atoms with E-state index in [1.54, 1.807) is 17.9 Å². The molecular formula is C12H18BrNO3. The molecule has 0 amide bonds. The molecule has 17 heavy (non-hydrogen) atoms. The summed E-state index contributed by atoms with van der Waals surface area (Å²) in [5.74, 6) is 0. The number of hydrogen-bond donors (Lipinski definition) is 0. The van der Waals surface area contributed by atoms with Crippen LogP contribution in [0.25, 0.3) is 0 Å². The molecule has 0 aliphatic carbocycles. The van der Waals surface area contributed by atoms with Gasteiger partial charge in [-0.05, 0) is 35.3 Å². The topological polar surface area (TPSA) is 40.5 Å². The molecule has 0 aliphatic heterocycles. The fourth-order valence-corrected chi connectivity index (χ4v) is 2.07. The molecule has 0 spiro atoms. The van der Waals surface area contributed by atoms with E-state index in [1.165, 1.54) is 0 Å². The van der Waals surface area contributed by atoms with Gasteiger partial charge in [-0.3, -0.25) is 4.79 Å². The van der Waals surface area contributed by atoms with Crippen LogP contribution in [0, 0.1) is 6.92 Å². The molecule has 0 fully saturated rings. The van der Waals surface area contributed by atoms with Crippen LogP contribution in [0.4, 0.5) is 0 Å². The molecule has 0 aromatic carbocycles. The first-order valence-electron chi connectivity index (χ1n) is 5.58. The third-order valence-corrected chi connectivity index (χ3v) is 2.78. The molecule has 96 valence electrons. The van der Waals surface area contributed by atoms with E-state index in [0.29, 0.717) is 26.4 Å². The minimum Gasteiger partial charge on any atom is -0.385 e. The second kappa shape index (κ2) is 7.63. The third-order valence-electron chi connectivity index (χ3n) is 2.35. The van der Waals surface area contributed by atoms with Crippen LogP contribution >= 0.6 is 15.9 Å². The fraction of sp³-hybridized carbons (Fsp3) is 0.583. The van der Waals surface area contributed by atoms with Gasteiger partial charge in [-0.15, -0.1) is 0 Å². The Hall–Kier alpha value is -0.650. The maximum absolute atomic E-state index is 11.8. The number of hydrogen-bond acceptors (Lipinski definition) is 3. The van der Waals surface area contributed by atoms with Crippen molar-refractivity contribution >= 4 is 15.9 Å². The summed E-state index contributed by atoms with van der Waals surface area (Å²) >= 11 is 3.37. The van der Waals surface area contributed by atoms with Gasteiger partial charge in [0, 0.05) is 43.1 Å². The first-order valence-corrected chi connectivity index (χ1v) is 6.37. The van der Waals surface area contributed by atoms with Gasteiger partial charge in [0.25, 0.3) is 5.56 Å². The van der Waals surface area contributed by atoms with Crippen LogP contribution in [0.3, 0.4) is 0 Å². The fourth-order valence-electron chi connectivity index (χ4n) is 1.48. The highest BCUT2D eigenvalue weighted by Crippen LogP contribution is 2.07. The van der Waals surface area contributed by atoms with Gasteiger partial charge in [0.15, 0.2) is 0 Å². The van der Waals surface area contributed by atoms with Gasteiger partial charge < -0.3 is 14.0 Å². The van der Waals surface area contributed by atoms with Crippen molar-refractivity contribution in [1.29, 1.82) is 0 Å². The van der Waals surface area contributed by atoms with E-state index in [-0.39, 0.29) is 5.56 Å². The molecule has 1 heterocycles. The van der Waals surface area contributed by atoms with Gasteiger partial charge in [0.05, 0.1) is 6.61 Å². The highest BCUT2D eigenvalue weighted by molar-refractivity contribution is 9.10. The monoisotopic (exact) mass is 303 g/mol. The van der Waals surface area contributed by atoms with Gasteiger partial charge >= 0.3 is 0 Å². The van der Waals surface area contributed by atoms with Crippen LogP contribution in [0.2, 0.25) is 0 Å². The molecule has 1 rings (SSSR count). The molecule has 4 nitrogen and oxygen atoms in total. The van der Waals surface area contributed by atoms with Crippen LogP contribution in [-0.4, -0.2) is 31.5 Å². The summed E-state index contributed by atoms with van der Waals surface area (Å²) < 4.78 is 12.9. The summed E-state index contributed by atoms with van der Waals surface area (Å²) in [5.41, 5.74) is 0.771. The Kier molecular flexibility index (Phi) is 6.47. The molecule has 0 radical (unpaired) electrons. The van der Waals surface area contributed by atoms with Crippen molar-refractivity contribution in [1.82, 2.24) is 4.57 Å². The normalized spacial score (nSPS) is 10.8. The van der Waals surface area contributed by atoms with E-state index >= 15 is 0 Å². The molecule has 0 atom stereocenters. The van der Waals surface area contributed by atoms with Crippen molar-refractivity contribution in [3.05, 3.63) is 32.7 Å². The Bertz CT molecular complexity index is 403. The van der Waals surface area contributed by atoms with Crippen LogP contribution in [-0.2, 0) is 16.0 Å². The minimum absolute atomic E-state index is 0.0358. The van der Waals surface area contributed by atoms with Crippen molar-refractivity contribution in [3.63, 3.8) is 0 Å². The molecule has 5 heteroatoms. The standard InChI is InChI=1S/C12H18BrNO3/c1-10-8-11(13)9-14(12(10)15)4-7-17-6-3-5-16-2/h8-9H,3-7H2,1-2H3. The minimum atomic E-state index is 0.0358. The second-order valence-electron chi connectivity index (χ2n) is 3.80. The Balaban J connectivity index is 2.39. The summed E-state index contributed by atoms with van der Waals surface area (Å²) in [6.45, 7) is 4.29. The lowest BCUT2D eigenvalue weighted by Crippen LogP contribution is -2.23. The summed E-state index contributed by atoms with van der Waals surface area (Å²) in [6, 6.07) is 1.82. The van der Waals surface area contributed by atoms with Crippen molar-refractivity contribution in [2.24, 2.45) is 0 Å². The van der Waals surface area contributed by atoms with Gasteiger partial charge in [-0.1, -0.05) is 0 Å². The van der Waals surface area contributed by atoms with Crippen LogP contribution < -0.4 is 5.56 Å². The zero-order valence-electron chi connectivity index (χ0n) is 10.2. The van der Waals surface area contributed by atoms with Crippen molar-refractivity contribution in [2.45, 2.75) is 19.9 Å². The number of ether oxygens (including phenoxy) is 2. The van der Waals surface area contributed by atoms with E-state index < -0.39 is 0 Å². The molecule has 0 saturated heterocycles. The number of aryl methyl sites for hydroxylation is 1. The van der Waals surface area contributed by atoms with Gasteiger partial charge in [-0.25, -0.2) is 0 Å². The molecule has 0 N–H and O–H groups in total. The molecule has 0 saturated carbocycles. The van der Waals surface area contributed by atoms with Gasteiger partial charge in [-0.2, -0.15) is 0 Å². The number of halogens is 1. The Labute approximate surface area is 110 Å². The summed E-state index contributed by atoms with van der Waals surface area (Å²) in [6.07, 6.45) is 2.66.